The number of nitrogens with zero attached hydrogens (tertiary/aromatic N) is 1. The summed E-state index contributed by atoms with van der Waals surface area (Å²) in [4.78, 5) is 14.8. The van der Waals surface area contributed by atoms with Crippen LogP contribution in [0.2, 0.25) is 0 Å². The van der Waals surface area contributed by atoms with E-state index in [0.717, 1.165) is 11.4 Å². The Bertz CT molecular complexity index is 299. The van der Waals surface area contributed by atoms with Crippen LogP contribution >= 0.6 is 11.3 Å². The monoisotopic (exact) mass is 198 g/mol. The lowest BCUT2D eigenvalue weighted by atomic mass is 10.2. The second-order valence-electron chi connectivity index (χ2n) is 3.06. The molecule has 2 rings (SSSR count). The Morgan fingerprint density at radius 2 is 2.54 bits per heavy atom. The van der Waals surface area contributed by atoms with Crippen molar-refractivity contribution in [2.45, 2.75) is 24.9 Å². The maximum atomic E-state index is 10.6. The average Bonchev–Trinajstić information content (AvgIpc) is 2.75. The van der Waals surface area contributed by atoms with Crippen LogP contribution in [0.4, 0.5) is 0 Å². The highest BCUT2D eigenvalue weighted by Crippen LogP contribution is 2.27. The molecule has 1 aromatic heterocycles. The van der Waals surface area contributed by atoms with E-state index in [1.165, 1.54) is 0 Å². The van der Waals surface area contributed by atoms with Gasteiger partial charge < -0.3 is 5.11 Å². The van der Waals surface area contributed by atoms with Crippen molar-refractivity contribution in [3.05, 3.63) is 16.6 Å². The molecule has 2 unspecified atom stereocenters. The molecule has 0 bridgehead atoms. The van der Waals surface area contributed by atoms with Gasteiger partial charge in [-0.2, -0.15) is 0 Å². The van der Waals surface area contributed by atoms with E-state index in [0.29, 0.717) is 6.42 Å². The third kappa shape index (κ3) is 1.71. The van der Waals surface area contributed by atoms with Gasteiger partial charge in [0.05, 0.1) is 6.04 Å². The molecule has 0 amide bonds. The molecular weight excluding hydrogens is 188 g/mol. The largest absolute Gasteiger partial charge is 0.480 e. The first-order valence-corrected chi connectivity index (χ1v) is 5.03. The van der Waals surface area contributed by atoms with Crippen LogP contribution in [-0.4, -0.2) is 22.1 Å². The number of carbonyl (C=O) groups is 1. The van der Waals surface area contributed by atoms with E-state index >= 15 is 0 Å². The van der Waals surface area contributed by atoms with Gasteiger partial charge in [-0.15, -0.1) is 11.3 Å². The standard InChI is InChI=1S/C8H10N2O2S/c11-8(12)6-2-1-5(10-6)7-9-3-4-13-7/h3-6,10H,1-2H2,(H,11,12). The highest BCUT2D eigenvalue weighted by atomic mass is 32.1. The van der Waals surface area contributed by atoms with Crippen molar-refractivity contribution < 1.29 is 9.90 Å². The molecule has 1 aliphatic rings. The first kappa shape index (κ1) is 8.65. The number of aromatic nitrogens is 1. The number of nitrogens with one attached hydrogen (secondary N) is 1. The molecule has 1 aliphatic heterocycles. The number of carboxylic acids is 1. The van der Waals surface area contributed by atoms with Crippen molar-refractivity contribution >= 4 is 17.3 Å². The summed E-state index contributed by atoms with van der Waals surface area (Å²) in [6.45, 7) is 0. The first-order chi connectivity index (χ1) is 6.27. The predicted octanol–water partition coefficient (Wildman–Crippen LogP) is 1.02. The minimum atomic E-state index is -0.765. The fourth-order valence-corrected chi connectivity index (χ4v) is 2.27. The number of aliphatic carboxylic acids is 1. The summed E-state index contributed by atoms with van der Waals surface area (Å²) in [5.74, 6) is -0.765. The van der Waals surface area contributed by atoms with E-state index in [2.05, 4.69) is 10.3 Å². The normalized spacial score (nSPS) is 27.7. The van der Waals surface area contributed by atoms with E-state index < -0.39 is 12.0 Å². The minimum absolute atomic E-state index is 0.140. The third-order valence-corrected chi connectivity index (χ3v) is 3.08. The number of rotatable bonds is 2. The summed E-state index contributed by atoms with van der Waals surface area (Å²) in [6.07, 6.45) is 3.31. The Morgan fingerprint density at radius 3 is 3.08 bits per heavy atom. The van der Waals surface area contributed by atoms with Gasteiger partial charge in [0.2, 0.25) is 0 Å². The zero-order valence-electron chi connectivity index (χ0n) is 6.93. The maximum absolute atomic E-state index is 10.6. The van der Waals surface area contributed by atoms with E-state index in [9.17, 15) is 4.79 Å². The number of hydrogen-bond acceptors (Lipinski definition) is 4. The van der Waals surface area contributed by atoms with Crippen LogP contribution in [0.25, 0.3) is 0 Å². The molecule has 1 aromatic rings. The lowest BCUT2D eigenvalue weighted by Gasteiger charge is -2.07. The van der Waals surface area contributed by atoms with Gasteiger partial charge in [-0.3, -0.25) is 10.1 Å². The Labute approximate surface area is 79.6 Å². The Morgan fingerprint density at radius 1 is 1.69 bits per heavy atom. The quantitative estimate of drug-likeness (QED) is 0.744. The highest BCUT2D eigenvalue weighted by Gasteiger charge is 2.30. The topological polar surface area (TPSA) is 62.2 Å². The maximum Gasteiger partial charge on any atom is 0.320 e. The van der Waals surface area contributed by atoms with Crippen LogP contribution in [0.5, 0.6) is 0 Å². The molecule has 5 heteroatoms. The van der Waals surface area contributed by atoms with Crippen LogP contribution in [0, 0.1) is 0 Å². The SMILES string of the molecule is O=C(O)C1CCC(c2nccs2)N1. The van der Waals surface area contributed by atoms with Gasteiger partial charge in [0, 0.05) is 11.6 Å². The van der Waals surface area contributed by atoms with Crippen molar-refractivity contribution in [2.75, 3.05) is 0 Å². The highest BCUT2D eigenvalue weighted by molar-refractivity contribution is 7.09. The fraction of sp³-hybridized carbons (Fsp3) is 0.500. The van der Waals surface area contributed by atoms with Crippen molar-refractivity contribution in [1.29, 1.82) is 0 Å². The summed E-state index contributed by atoms with van der Waals surface area (Å²) in [5.41, 5.74) is 0. The van der Waals surface area contributed by atoms with Crippen LogP contribution in [0.3, 0.4) is 0 Å². The zero-order valence-corrected chi connectivity index (χ0v) is 7.75. The van der Waals surface area contributed by atoms with Gasteiger partial charge in [-0.1, -0.05) is 0 Å². The van der Waals surface area contributed by atoms with Gasteiger partial charge in [-0.25, -0.2) is 4.98 Å². The smallest absolute Gasteiger partial charge is 0.320 e. The first-order valence-electron chi connectivity index (χ1n) is 4.15. The van der Waals surface area contributed by atoms with E-state index in [1.807, 2.05) is 5.38 Å². The van der Waals surface area contributed by atoms with Gasteiger partial charge in [0.25, 0.3) is 0 Å². The zero-order chi connectivity index (χ0) is 9.26. The van der Waals surface area contributed by atoms with E-state index in [1.54, 1.807) is 17.5 Å². The van der Waals surface area contributed by atoms with Crippen LogP contribution in [-0.2, 0) is 4.79 Å². The molecular formula is C8H10N2O2S. The molecule has 0 spiro atoms. The fourth-order valence-electron chi connectivity index (χ4n) is 1.54. The molecule has 1 saturated heterocycles. The van der Waals surface area contributed by atoms with Crippen LogP contribution < -0.4 is 5.32 Å². The van der Waals surface area contributed by atoms with E-state index in [-0.39, 0.29) is 6.04 Å². The summed E-state index contributed by atoms with van der Waals surface area (Å²) in [5, 5.41) is 14.7. The second kappa shape index (κ2) is 3.43. The number of hydrogen-bond donors (Lipinski definition) is 2. The van der Waals surface area contributed by atoms with Crippen molar-refractivity contribution in [3.8, 4) is 0 Å². The molecule has 0 saturated carbocycles. The van der Waals surface area contributed by atoms with Crippen LogP contribution in [0.1, 0.15) is 23.9 Å². The van der Waals surface area contributed by atoms with Gasteiger partial charge in [0.1, 0.15) is 11.0 Å². The molecule has 0 radical (unpaired) electrons. The minimum Gasteiger partial charge on any atom is -0.480 e. The Balaban J connectivity index is 2.03. The lowest BCUT2D eigenvalue weighted by Crippen LogP contribution is -2.31. The third-order valence-electron chi connectivity index (χ3n) is 2.19. The summed E-state index contributed by atoms with van der Waals surface area (Å²) in [7, 11) is 0. The van der Waals surface area contributed by atoms with Crippen molar-refractivity contribution in [3.63, 3.8) is 0 Å². The van der Waals surface area contributed by atoms with E-state index in [4.69, 9.17) is 5.11 Å². The molecule has 4 nitrogen and oxygen atoms in total. The summed E-state index contributed by atoms with van der Waals surface area (Å²) >= 11 is 1.57. The molecule has 1 fully saturated rings. The van der Waals surface area contributed by atoms with Gasteiger partial charge in [0.15, 0.2) is 0 Å². The number of thiazole rings is 1. The molecule has 2 atom stereocenters. The van der Waals surface area contributed by atoms with Crippen molar-refractivity contribution in [1.82, 2.24) is 10.3 Å². The Hall–Kier alpha value is -0.940. The molecule has 2 heterocycles. The summed E-state index contributed by atoms with van der Waals surface area (Å²) < 4.78 is 0. The van der Waals surface area contributed by atoms with Gasteiger partial charge >= 0.3 is 5.97 Å². The Kier molecular flexibility index (Phi) is 2.28. The van der Waals surface area contributed by atoms with Crippen molar-refractivity contribution in [2.24, 2.45) is 0 Å². The second-order valence-corrected chi connectivity index (χ2v) is 3.98. The van der Waals surface area contributed by atoms with Crippen LogP contribution in [0.15, 0.2) is 11.6 Å². The molecule has 70 valence electrons. The molecule has 0 aromatic carbocycles. The van der Waals surface area contributed by atoms with Gasteiger partial charge in [-0.05, 0) is 12.8 Å². The average molecular weight is 198 g/mol. The lowest BCUT2D eigenvalue weighted by molar-refractivity contribution is -0.139. The number of carboxylic acid groups (broad SMARTS) is 1. The predicted molar refractivity (Wildman–Crippen MR) is 48.6 cm³/mol. The molecule has 2 N–H and O–H groups in total. The molecule has 0 aliphatic carbocycles. The summed E-state index contributed by atoms with van der Waals surface area (Å²) in [6, 6.07) is -0.255. The molecule has 13 heavy (non-hydrogen) atoms.